The van der Waals surface area contributed by atoms with Gasteiger partial charge in [0.05, 0.1) is 6.20 Å². The molecule has 2 rings (SSSR count). The Morgan fingerprint density at radius 2 is 1.76 bits per heavy atom. The number of aromatic amines is 1. The lowest BCUT2D eigenvalue weighted by molar-refractivity contribution is -0.300. The Bertz CT molecular complexity index is 622. The minimum atomic E-state index is -5.67. The van der Waals surface area contributed by atoms with E-state index in [4.69, 9.17) is 5.84 Å². The van der Waals surface area contributed by atoms with Gasteiger partial charge in [0.2, 0.25) is 11.8 Å². The molecule has 7 nitrogen and oxygen atoms in total. The van der Waals surface area contributed by atoms with Crippen LogP contribution in [0.25, 0.3) is 11.0 Å². The number of nitrogens with one attached hydrogen (secondary N) is 2. The SMILES string of the molecule is NNc1nc(OC(C(F)(F)F)C(F)(F)F)c2cn[nH]c2n1. The number of alkyl halides is 6. The first-order valence-corrected chi connectivity index (χ1v) is 5.10. The second kappa shape index (κ2) is 4.91. The largest absolute Gasteiger partial charge is 0.454 e. The highest BCUT2D eigenvalue weighted by molar-refractivity contribution is 5.80. The number of nitrogen functional groups attached to an aromatic ring is 1. The van der Waals surface area contributed by atoms with Crippen molar-refractivity contribution in [3.8, 4) is 5.88 Å². The average Bonchev–Trinajstić information content (AvgIpc) is 2.80. The second-order valence-electron chi connectivity index (χ2n) is 3.71. The fraction of sp³-hybridized carbons (Fsp3) is 0.375. The first-order valence-electron chi connectivity index (χ1n) is 5.10. The topological polar surface area (TPSA) is 102 Å². The third kappa shape index (κ3) is 3.07. The van der Waals surface area contributed by atoms with Crippen LogP contribution in [-0.4, -0.2) is 38.6 Å². The van der Waals surface area contributed by atoms with E-state index >= 15 is 0 Å². The second-order valence-corrected chi connectivity index (χ2v) is 3.71. The fourth-order valence-electron chi connectivity index (χ4n) is 1.39. The molecule has 0 fully saturated rings. The average molecular weight is 316 g/mol. The standard InChI is InChI=1S/C8H6F6N6O/c9-7(10,11)5(8(12,13)14)21-4-2-1-16-20-3(2)17-6(18-4)19-15/h1,5H,15H2,(H2,16,17,18,19,20). The molecule has 21 heavy (non-hydrogen) atoms. The van der Waals surface area contributed by atoms with Gasteiger partial charge in [-0.15, -0.1) is 0 Å². The fourth-order valence-corrected chi connectivity index (χ4v) is 1.39. The molecule has 0 atom stereocenters. The van der Waals surface area contributed by atoms with E-state index in [9.17, 15) is 26.3 Å². The molecule has 0 unspecified atom stereocenters. The predicted octanol–water partition coefficient (Wildman–Crippen LogP) is 1.51. The van der Waals surface area contributed by atoms with Crippen molar-refractivity contribution in [3.05, 3.63) is 6.20 Å². The van der Waals surface area contributed by atoms with Gasteiger partial charge in [-0.05, 0) is 0 Å². The minimum absolute atomic E-state index is 0.143. The molecule has 0 saturated heterocycles. The van der Waals surface area contributed by atoms with Crippen LogP contribution in [0.5, 0.6) is 5.88 Å². The van der Waals surface area contributed by atoms with Crippen molar-refractivity contribution in [2.24, 2.45) is 5.84 Å². The molecule has 116 valence electrons. The quantitative estimate of drug-likeness (QED) is 0.451. The van der Waals surface area contributed by atoms with Crippen molar-refractivity contribution in [1.82, 2.24) is 20.2 Å². The van der Waals surface area contributed by atoms with Crippen molar-refractivity contribution >= 4 is 17.0 Å². The number of fused-ring (bicyclic) bond motifs is 1. The molecule has 2 aromatic heterocycles. The van der Waals surface area contributed by atoms with E-state index in [1.54, 1.807) is 0 Å². The van der Waals surface area contributed by atoms with Gasteiger partial charge in [-0.1, -0.05) is 0 Å². The molecule has 0 saturated carbocycles. The van der Waals surface area contributed by atoms with Crippen molar-refractivity contribution in [3.63, 3.8) is 0 Å². The lowest BCUT2D eigenvalue weighted by atomic mass is 10.3. The lowest BCUT2D eigenvalue weighted by Crippen LogP contribution is -2.46. The molecule has 0 spiro atoms. The van der Waals surface area contributed by atoms with Gasteiger partial charge < -0.3 is 4.74 Å². The van der Waals surface area contributed by atoms with Crippen LogP contribution in [0.3, 0.4) is 0 Å². The summed E-state index contributed by atoms with van der Waals surface area (Å²) in [6.45, 7) is 0. The third-order valence-corrected chi connectivity index (χ3v) is 2.23. The molecule has 0 bridgehead atoms. The Balaban J connectivity index is 2.48. The molecule has 2 heterocycles. The number of nitrogens with two attached hydrogens (primary N) is 1. The van der Waals surface area contributed by atoms with Gasteiger partial charge in [-0.3, -0.25) is 10.5 Å². The van der Waals surface area contributed by atoms with Gasteiger partial charge >= 0.3 is 12.4 Å². The number of aromatic nitrogens is 4. The van der Waals surface area contributed by atoms with Crippen molar-refractivity contribution < 1.29 is 31.1 Å². The predicted molar refractivity (Wildman–Crippen MR) is 56.0 cm³/mol. The number of hydrazine groups is 1. The van der Waals surface area contributed by atoms with Crippen LogP contribution in [-0.2, 0) is 0 Å². The summed E-state index contributed by atoms with van der Waals surface area (Å²) in [5.74, 6) is 3.57. The van der Waals surface area contributed by atoms with E-state index in [1.165, 1.54) is 0 Å². The van der Waals surface area contributed by atoms with Crippen molar-refractivity contribution in [1.29, 1.82) is 0 Å². The summed E-state index contributed by atoms with van der Waals surface area (Å²) < 4.78 is 78.7. The first-order chi connectivity index (χ1) is 9.63. The van der Waals surface area contributed by atoms with Crippen molar-refractivity contribution in [2.75, 3.05) is 5.43 Å². The number of H-pyrrole nitrogens is 1. The maximum Gasteiger partial charge on any atom is 0.434 e. The van der Waals surface area contributed by atoms with Crippen LogP contribution in [0.4, 0.5) is 32.3 Å². The number of hydrogen-bond acceptors (Lipinski definition) is 6. The lowest BCUT2D eigenvalue weighted by Gasteiger charge is -2.23. The van der Waals surface area contributed by atoms with Crippen molar-refractivity contribution in [2.45, 2.75) is 18.5 Å². The summed E-state index contributed by atoms with van der Waals surface area (Å²) >= 11 is 0. The van der Waals surface area contributed by atoms with Crippen LogP contribution in [0.15, 0.2) is 6.20 Å². The van der Waals surface area contributed by atoms with Crippen LogP contribution >= 0.6 is 0 Å². The zero-order valence-corrected chi connectivity index (χ0v) is 9.75. The van der Waals surface area contributed by atoms with E-state index in [1.807, 2.05) is 5.43 Å². The molecule has 0 amide bonds. The molecule has 13 heteroatoms. The van der Waals surface area contributed by atoms with E-state index in [0.717, 1.165) is 6.20 Å². The highest BCUT2D eigenvalue weighted by atomic mass is 19.4. The summed E-state index contributed by atoms with van der Waals surface area (Å²) in [5.41, 5.74) is 1.74. The summed E-state index contributed by atoms with van der Waals surface area (Å²) in [4.78, 5) is 6.97. The summed E-state index contributed by atoms with van der Waals surface area (Å²) in [7, 11) is 0. The monoisotopic (exact) mass is 316 g/mol. The molecule has 0 aliphatic rings. The van der Waals surface area contributed by atoms with Gasteiger partial charge in [0, 0.05) is 0 Å². The van der Waals surface area contributed by atoms with E-state index in [0.29, 0.717) is 0 Å². The van der Waals surface area contributed by atoms with E-state index < -0.39 is 30.3 Å². The van der Waals surface area contributed by atoms with Crippen LogP contribution in [0, 0.1) is 0 Å². The Morgan fingerprint density at radius 3 is 2.29 bits per heavy atom. The Kier molecular flexibility index (Phi) is 3.52. The minimum Gasteiger partial charge on any atom is -0.454 e. The number of anilines is 1. The molecule has 0 aromatic carbocycles. The normalized spacial score (nSPS) is 13.0. The molecular formula is C8H6F6N6O. The third-order valence-electron chi connectivity index (χ3n) is 2.23. The van der Waals surface area contributed by atoms with Gasteiger partial charge in [0.15, 0.2) is 5.65 Å². The zero-order chi connectivity index (χ0) is 15.8. The van der Waals surface area contributed by atoms with E-state index in [2.05, 4.69) is 24.9 Å². The van der Waals surface area contributed by atoms with Gasteiger partial charge in [-0.2, -0.15) is 41.4 Å². The number of ether oxygens (including phenoxy) is 1. The van der Waals surface area contributed by atoms with Gasteiger partial charge in [0.1, 0.15) is 5.39 Å². The number of hydrogen-bond donors (Lipinski definition) is 3. The summed E-state index contributed by atoms with van der Waals surface area (Å²) in [6.07, 6.45) is -14.5. The molecule has 0 radical (unpaired) electrons. The van der Waals surface area contributed by atoms with Crippen LogP contribution < -0.4 is 16.0 Å². The highest BCUT2D eigenvalue weighted by Crippen LogP contribution is 2.37. The molecule has 2 aromatic rings. The maximum absolute atomic E-state index is 12.5. The van der Waals surface area contributed by atoms with E-state index in [-0.39, 0.29) is 11.0 Å². The highest BCUT2D eigenvalue weighted by Gasteiger charge is 2.59. The Morgan fingerprint density at radius 1 is 1.14 bits per heavy atom. The molecule has 4 N–H and O–H groups in total. The summed E-state index contributed by atoms with van der Waals surface area (Å²) in [5, 5.41) is 5.42. The summed E-state index contributed by atoms with van der Waals surface area (Å²) in [6, 6.07) is 0. The molecular weight excluding hydrogens is 310 g/mol. The Labute approximate surface area is 111 Å². The number of nitrogens with zero attached hydrogens (tertiary/aromatic N) is 3. The first kappa shape index (κ1) is 15.1. The number of halogens is 6. The smallest absolute Gasteiger partial charge is 0.434 e. The zero-order valence-electron chi connectivity index (χ0n) is 9.75. The van der Waals surface area contributed by atoms with Crippen LogP contribution in [0.1, 0.15) is 0 Å². The van der Waals surface area contributed by atoms with Gasteiger partial charge in [0.25, 0.3) is 6.10 Å². The Hall–Kier alpha value is -2.31. The van der Waals surface area contributed by atoms with Gasteiger partial charge in [-0.25, -0.2) is 5.84 Å². The number of rotatable bonds is 3. The van der Waals surface area contributed by atoms with Crippen LogP contribution in [0.2, 0.25) is 0 Å². The molecule has 0 aliphatic carbocycles. The maximum atomic E-state index is 12.5. The molecule has 0 aliphatic heterocycles.